The van der Waals surface area contributed by atoms with Crippen LogP contribution in [0.3, 0.4) is 0 Å². The Bertz CT molecular complexity index is 621. The summed E-state index contributed by atoms with van der Waals surface area (Å²) < 4.78 is 0. The van der Waals surface area contributed by atoms with Crippen LogP contribution in [0.5, 0.6) is 0 Å². The molecule has 2 amide bonds. The van der Waals surface area contributed by atoms with Crippen LogP contribution in [0.15, 0.2) is 34.3 Å². The Morgan fingerprint density at radius 1 is 1.13 bits per heavy atom. The molecule has 2 unspecified atom stereocenters. The van der Waals surface area contributed by atoms with Crippen LogP contribution in [0.1, 0.15) is 36.0 Å². The Hall–Kier alpha value is -1.66. The highest BCUT2D eigenvalue weighted by Gasteiger charge is 2.26. The first kappa shape index (κ1) is 17.7. The van der Waals surface area contributed by atoms with Gasteiger partial charge in [-0.2, -0.15) is 11.3 Å². The van der Waals surface area contributed by atoms with Gasteiger partial charge in [-0.3, -0.25) is 9.59 Å². The second-order valence-electron chi connectivity index (χ2n) is 5.92. The zero-order chi connectivity index (χ0) is 16.8. The lowest BCUT2D eigenvalue weighted by molar-refractivity contribution is -0.124. The molecule has 0 aliphatic heterocycles. The minimum atomic E-state index is -0.533. The first-order chi connectivity index (χ1) is 11.0. The molecule has 0 aliphatic rings. The van der Waals surface area contributed by atoms with Gasteiger partial charge in [0, 0.05) is 6.04 Å². The summed E-state index contributed by atoms with van der Waals surface area (Å²) in [5.41, 5.74) is 1.21. The molecule has 0 aliphatic carbocycles. The minimum Gasteiger partial charge on any atom is -0.352 e. The van der Waals surface area contributed by atoms with Crippen molar-refractivity contribution < 1.29 is 9.59 Å². The Kier molecular flexibility index (Phi) is 6.36. The third-order valence-corrected chi connectivity index (χ3v) is 5.09. The number of thiophene rings is 2. The van der Waals surface area contributed by atoms with Crippen LogP contribution in [0.4, 0.5) is 0 Å². The van der Waals surface area contributed by atoms with E-state index in [1.54, 1.807) is 17.4 Å². The number of carbonyl (C=O) groups excluding carboxylic acids is 2. The third-order valence-electron chi connectivity index (χ3n) is 3.49. The molecule has 4 nitrogen and oxygen atoms in total. The van der Waals surface area contributed by atoms with E-state index in [1.807, 2.05) is 37.6 Å². The van der Waals surface area contributed by atoms with Gasteiger partial charge in [0.05, 0.1) is 4.88 Å². The van der Waals surface area contributed by atoms with Gasteiger partial charge in [0.2, 0.25) is 5.91 Å². The number of nitrogens with one attached hydrogen (secondary N) is 2. The van der Waals surface area contributed by atoms with E-state index in [4.69, 9.17) is 0 Å². The SMILES string of the molecule is CC(Cc1ccsc1)NC(=O)C(NC(=O)c1cccs1)C(C)C. The molecule has 2 heterocycles. The lowest BCUT2D eigenvalue weighted by Crippen LogP contribution is -2.51. The van der Waals surface area contributed by atoms with Crippen molar-refractivity contribution in [2.75, 3.05) is 0 Å². The number of carbonyl (C=O) groups is 2. The summed E-state index contributed by atoms with van der Waals surface area (Å²) in [7, 11) is 0. The summed E-state index contributed by atoms with van der Waals surface area (Å²) in [6.07, 6.45) is 0.791. The summed E-state index contributed by atoms with van der Waals surface area (Å²) in [6, 6.07) is 5.14. The molecular formula is C17H22N2O2S2. The zero-order valence-electron chi connectivity index (χ0n) is 13.5. The molecule has 23 heavy (non-hydrogen) atoms. The maximum absolute atomic E-state index is 12.5. The maximum atomic E-state index is 12.5. The van der Waals surface area contributed by atoms with Crippen molar-refractivity contribution in [2.45, 2.75) is 39.3 Å². The van der Waals surface area contributed by atoms with E-state index >= 15 is 0 Å². The molecule has 2 aromatic heterocycles. The van der Waals surface area contributed by atoms with Gasteiger partial charge < -0.3 is 10.6 Å². The molecule has 2 rings (SSSR count). The van der Waals surface area contributed by atoms with E-state index in [1.165, 1.54) is 16.9 Å². The molecule has 2 aromatic rings. The Labute approximate surface area is 144 Å². The minimum absolute atomic E-state index is 0.0206. The smallest absolute Gasteiger partial charge is 0.262 e. The fraction of sp³-hybridized carbons (Fsp3) is 0.412. The number of amides is 2. The Balaban J connectivity index is 1.94. The molecule has 0 spiro atoms. The summed E-state index contributed by atoms with van der Waals surface area (Å²) in [5.74, 6) is -0.306. The van der Waals surface area contributed by atoms with E-state index in [0.29, 0.717) is 4.88 Å². The van der Waals surface area contributed by atoms with E-state index in [9.17, 15) is 9.59 Å². The summed E-state index contributed by atoms with van der Waals surface area (Å²) in [6.45, 7) is 5.85. The summed E-state index contributed by atoms with van der Waals surface area (Å²) >= 11 is 3.02. The molecule has 0 aromatic carbocycles. The number of rotatable bonds is 7. The quantitative estimate of drug-likeness (QED) is 0.805. The van der Waals surface area contributed by atoms with Crippen LogP contribution in [0.2, 0.25) is 0 Å². The van der Waals surface area contributed by atoms with Gasteiger partial charge in [-0.15, -0.1) is 11.3 Å². The van der Waals surface area contributed by atoms with Crippen molar-refractivity contribution in [3.8, 4) is 0 Å². The molecule has 0 radical (unpaired) electrons. The van der Waals surface area contributed by atoms with Gasteiger partial charge in [0.1, 0.15) is 6.04 Å². The predicted octanol–water partition coefficient (Wildman–Crippen LogP) is 3.31. The van der Waals surface area contributed by atoms with Crippen molar-refractivity contribution in [2.24, 2.45) is 5.92 Å². The van der Waals surface area contributed by atoms with Crippen LogP contribution in [-0.2, 0) is 11.2 Å². The first-order valence-corrected chi connectivity index (χ1v) is 9.45. The molecule has 0 bridgehead atoms. The Morgan fingerprint density at radius 3 is 2.48 bits per heavy atom. The van der Waals surface area contributed by atoms with Crippen molar-refractivity contribution in [3.05, 3.63) is 44.8 Å². The topological polar surface area (TPSA) is 58.2 Å². The van der Waals surface area contributed by atoms with Gasteiger partial charge in [-0.05, 0) is 53.1 Å². The molecule has 0 fully saturated rings. The lowest BCUT2D eigenvalue weighted by atomic mass is 10.0. The largest absolute Gasteiger partial charge is 0.352 e. The van der Waals surface area contributed by atoms with Crippen LogP contribution in [-0.4, -0.2) is 23.9 Å². The van der Waals surface area contributed by atoms with E-state index in [0.717, 1.165) is 6.42 Å². The van der Waals surface area contributed by atoms with Gasteiger partial charge in [0.25, 0.3) is 5.91 Å². The normalized spacial score (nSPS) is 13.6. The lowest BCUT2D eigenvalue weighted by Gasteiger charge is -2.23. The van der Waals surface area contributed by atoms with Crippen LogP contribution < -0.4 is 10.6 Å². The predicted molar refractivity (Wildman–Crippen MR) is 96.0 cm³/mol. The van der Waals surface area contributed by atoms with E-state index in [2.05, 4.69) is 22.1 Å². The van der Waals surface area contributed by atoms with Crippen molar-refractivity contribution in [1.82, 2.24) is 10.6 Å². The van der Waals surface area contributed by atoms with Crippen molar-refractivity contribution in [3.63, 3.8) is 0 Å². The number of hydrogen-bond donors (Lipinski definition) is 2. The van der Waals surface area contributed by atoms with Gasteiger partial charge >= 0.3 is 0 Å². The molecule has 2 N–H and O–H groups in total. The molecule has 0 saturated carbocycles. The monoisotopic (exact) mass is 350 g/mol. The van der Waals surface area contributed by atoms with E-state index in [-0.39, 0.29) is 23.8 Å². The molecule has 0 saturated heterocycles. The van der Waals surface area contributed by atoms with Crippen LogP contribution in [0.25, 0.3) is 0 Å². The molecular weight excluding hydrogens is 328 g/mol. The van der Waals surface area contributed by atoms with Gasteiger partial charge in [0.15, 0.2) is 0 Å². The maximum Gasteiger partial charge on any atom is 0.262 e. The molecule has 6 heteroatoms. The molecule has 124 valence electrons. The summed E-state index contributed by atoms with van der Waals surface area (Å²) in [5, 5.41) is 11.8. The number of hydrogen-bond acceptors (Lipinski definition) is 4. The van der Waals surface area contributed by atoms with Crippen molar-refractivity contribution in [1.29, 1.82) is 0 Å². The first-order valence-electron chi connectivity index (χ1n) is 7.63. The zero-order valence-corrected chi connectivity index (χ0v) is 15.2. The second-order valence-corrected chi connectivity index (χ2v) is 7.65. The van der Waals surface area contributed by atoms with Crippen LogP contribution >= 0.6 is 22.7 Å². The van der Waals surface area contributed by atoms with Gasteiger partial charge in [-0.25, -0.2) is 0 Å². The second kappa shape index (κ2) is 8.26. The highest BCUT2D eigenvalue weighted by Crippen LogP contribution is 2.12. The molecule has 2 atom stereocenters. The van der Waals surface area contributed by atoms with Gasteiger partial charge in [-0.1, -0.05) is 19.9 Å². The third kappa shape index (κ3) is 5.18. The average molecular weight is 351 g/mol. The highest BCUT2D eigenvalue weighted by atomic mass is 32.1. The fourth-order valence-electron chi connectivity index (χ4n) is 2.30. The fourth-order valence-corrected chi connectivity index (χ4v) is 3.61. The highest BCUT2D eigenvalue weighted by molar-refractivity contribution is 7.12. The average Bonchev–Trinajstić information content (AvgIpc) is 3.16. The van der Waals surface area contributed by atoms with Crippen molar-refractivity contribution >= 4 is 34.5 Å². The summed E-state index contributed by atoms with van der Waals surface area (Å²) in [4.78, 5) is 25.3. The van der Waals surface area contributed by atoms with Crippen LogP contribution in [0, 0.1) is 5.92 Å². The Morgan fingerprint density at radius 2 is 1.91 bits per heavy atom. The van der Waals surface area contributed by atoms with E-state index < -0.39 is 6.04 Å². The standard InChI is InChI=1S/C17H22N2O2S2/c1-11(2)15(19-16(20)14-5-4-7-23-14)17(21)18-12(3)9-13-6-8-22-10-13/h4-8,10-12,15H,9H2,1-3H3,(H,18,21)(H,19,20).